The SMILES string of the molecule is CC1(C)c2ccccc2Sc2ccc(-c3ccc4c(c3)C(C)(C)c3ccccc3S4)cc21. The molecular weight excluding hydrogens is 424 g/mol. The zero-order valence-corrected chi connectivity index (χ0v) is 20.5. The van der Waals surface area contributed by atoms with E-state index in [9.17, 15) is 0 Å². The van der Waals surface area contributed by atoms with Gasteiger partial charge in [-0.2, -0.15) is 0 Å². The molecule has 2 heterocycles. The Labute approximate surface area is 199 Å². The first kappa shape index (κ1) is 20.2. The van der Waals surface area contributed by atoms with E-state index in [0.29, 0.717) is 0 Å². The molecule has 6 rings (SSSR count). The molecular formula is C30H26S2. The predicted octanol–water partition coefficient (Wildman–Crippen LogP) is 8.93. The van der Waals surface area contributed by atoms with Crippen molar-refractivity contribution in [1.82, 2.24) is 0 Å². The van der Waals surface area contributed by atoms with E-state index in [1.807, 2.05) is 23.5 Å². The molecule has 0 radical (unpaired) electrons. The zero-order chi connectivity index (χ0) is 22.1. The molecule has 2 aliphatic rings. The first-order valence-electron chi connectivity index (χ1n) is 11.2. The molecule has 2 heteroatoms. The van der Waals surface area contributed by atoms with E-state index in [2.05, 4.69) is 113 Å². The lowest BCUT2D eigenvalue weighted by Gasteiger charge is -2.35. The maximum absolute atomic E-state index is 2.43. The van der Waals surface area contributed by atoms with Crippen molar-refractivity contribution in [3.63, 3.8) is 0 Å². The van der Waals surface area contributed by atoms with Crippen LogP contribution in [0.25, 0.3) is 11.1 Å². The van der Waals surface area contributed by atoms with Gasteiger partial charge in [0.25, 0.3) is 0 Å². The molecule has 4 aromatic carbocycles. The van der Waals surface area contributed by atoms with Crippen LogP contribution in [0.15, 0.2) is 105 Å². The fourth-order valence-corrected chi connectivity index (χ4v) is 8.00. The first-order chi connectivity index (χ1) is 15.4. The summed E-state index contributed by atoms with van der Waals surface area (Å²) in [5, 5.41) is 0. The van der Waals surface area contributed by atoms with Crippen LogP contribution < -0.4 is 0 Å². The summed E-state index contributed by atoms with van der Waals surface area (Å²) < 4.78 is 0. The maximum Gasteiger partial charge on any atom is 0.0169 e. The van der Waals surface area contributed by atoms with Crippen molar-refractivity contribution >= 4 is 23.5 Å². The van der Waals surface area contributed by atoms with Crippen molar-refractivity contribution in [2.75, 3.05) is 0 Å². The Morgan fingerprint density at radius 1 is 0.438 bits per heavy atom. The smallest absolute Gasteiger partial charge is 0.0169 e. The molecule has 0 N–H and O–H groups in total. The van der Waals surface area contributed by atoms with Crippen LogP contribution in [-0.2, 0) is 10.8 Å². The number of hydrogen-bond acceptors (Lipinski definition) is 2. The minimum Gasteiger partial charge on any atom is -0.0895 e. The highest BCUT2D eigenvalue weighted by atomic mass is 32.2. The second kappa shape index (κ2) is 7.04. The van der Waals surface area contributed by atoms with E-state index in [1.165, 1.54) is 53.0 Å². The molecule has 0 amide bonds. The highest BCUT2D eigenvalue weighted by Gasteiger charge is 2.34. The van der Waals surface area contributed by atoms with E-state index < -0.39 is 0 Å². The molecule has 0 saturated carbocycles. The standard InChI is InChI=1S/C30H26S2/c1-29(2)21-9-5-7-11-25(21)31-27-15-13-19(17-23(27)29)20-14-16-28-24(18-20)30(3,4)22-10-6-8-12-26(22)32-28/h5-18H,1-4H3. The van der Waals surface area contributed by atoms with Crippen molar-refractivity contribution < 1.29 is 0 Å². The van der Waals surface area contributed by atoms with E-state index in [4.69, 9.17) is 0 Å². The normalized spacial score (nSPS) is 17.0. The van der Waals surface area contributed by atoms with Gasteiger partial charge in [-0.1, -0.05) is 99.7 Å². The van der Waals surface area contributed by atoms with Gasteiger partial charge in [-0.05, 0) is 69.8 Å². The van der Waals surface area contributed by atoms with Gasteiger partial charge in [-0.15, -0.1) is 0 Å². The van der Waals surface area contributed by atoms with E-state index in [0.717, 1.165) is 0 Å². The van der Waals surface area contributed by atoms with E-state index in [1.54, 1.807) is 0 Å². The van der Waals surface area contributed by atoms with E-state index in [-0.39, 0.29) is 10.8 Å². The molecule has 0 spiro atoms. The second-order valence-corrected chi connectivity index (χ2v) is 12.0. The van der Waals surface area contributed by atoms with Gasteiger partial charge in [0, 0.05) is 30.4 Å². The maximum atomic E-state index is 2.43. The molecule has 0 fully saturated rings. The Bertz CT molecular complexity index is 1270. The van der Waals surface area contributed by atoms with Crippen LogP contribution in [0.2, 0.25) is 0 Å². The minimum atomic E-state index is -0.00451. The Hall–Kier alpha value is -2.42. The predicted molar refractivity (Wildman–Crippen MR) is 137 cm³/mol. The molecule has 0 nitrogen and oxygen atoms in total. The van der Waals surface area contributed by atoms with Crippen LogP contribution in [0.1, 0.15) is 49.9 Å². The average molecular weight is 451 g/mol. The fraction of sp³-hybridized carbons (Fsp3) is 0.200. The molecule has 0 atom stereocenters. The molecule has 0 unspecified atom stereocenters. The minimum absolute atomic E-state index is 0.00451. The first-order valence-corrected chi connectivity index (χ1v) is 12.8. The monoisotopic (exact) mass is 450 g/mol. The summed E-state index contributed by atoms with van der Waals surface area (Å²) in [6.45, 7) is 9.44. The van der Waals surface area contributed by atoms with Gasteiger partial charge in [0.2, 0.25) is 0 Å². The number of fused-ring (bicyclic) bond motifs is 4. The van der Waals surface area contributed by atoms with Crippen molar-refractivity contribution in [1.29, 1.82) is 0 Å². The van der Waals surface area contributed by atoms with Gasteiger partial charge < -0.3 is 0 Å². The summed E-state index contributed by atoms with van der Waals surface area (Å²) in [6, 6.07) is 31.8. The summed E-state index contributed by atoms with van der Waals surface area (Å²) in [4.78, 5) is 5.51. The summed E-state index contributed by atoms with van der Waals surface area (Å²) in [7, 11) is 0. The van der Waals surface area contributed by atoms with Gasteiger partial charge >= 0.3 is 0 Å². The molecule has 32 heavy (non-hydrogen) atoms. The zero-order valence-electron chi connectivity index (χ0n) is 18.9. The van der Waals surface area contributed by atoms with Gasteiger partial charge in [-0.3, -0.25) is 0 Å². The molecule has 0 bridgehead atoms. The summed E-state index contributed by atoms with van der Waals surface area (Å²) in [6.07, 6.45) is 0. The molecule has 2 aliphatic heterocycles. The Morgan fingerprint density at radius 2 is 0.812 bits per heavy atom. The molecule has 0 aliphatic carbocycles. The lowest BCUT2D eigenvalue weighted by Crippen LogP contribution is -2.24. The van der Waals surface area contributed by atoms with Gasteiger partial charge in [-0.25, -0.2) is 0 Å². The summed E-state index contributed by atoms with van der Waals surface area (Å²) in [5.74, 6) is 0. The lowest BCUT2D eigenvalue weighted by molar-refractivity contribution is 0.606. The van der Waals surface area contributed by atoms with Crippen LogP contribution in [-0.4, -0.2) is 0 Å². The highest BCUT2D eigenvalue weighted by molar-refractivity contribution is 7.99. The summed E-state index contributed by atoms with van der Waals surface area (Å²) in [5.41, 5.74) is 8.30. The van der Waals surface area contributed by atoms with Crippen molar-refractivity contribution in [2.45, 2.75) is 58.1 Å². The third-order valence-corrected chi connectivity index (χ3v) is 9.50. The molecule has 0 saturated heterocycles. The second-order valence-electron chi connectivity index (χ2n) is 9.87. The third-order valence-electron chi connectivity index (χ3n) is 7.20. The number of hydrogen-bond donors (Lipinski definition) is 0. The topological polar surface area (TPSA) is 0 Å². The third kappa shape index (κ3) is 2.93. The lowest BCUT2D eigenvalue weighted by atomic mass is 9.75. The van der Waals surface area contributed by atoms with E-state index >= 15 is 0 Å². The quantitative estimate of drug-likeness (QED) is 0.284. The van der Waals surface area contributed by atoms with Crippen LogP contribution in [0, 0.1) is 0 Å². The van der Waals surface area contributed by atoms with Crippen molar-refractivity contribution in [2.24, 2.45) is 0 Å². The number of rotatable bonds is 1. The van der Waals surface area contributed by atoms with Crippen LogP contribution in [0.4, 0.5) is 0 Å². The van der Waals surface area contributed by atoms with Gasteiger partial charge in [0.1, 0.15) is 0 Å². The van der Waals surface area contributed by atoms with Crippen LogP contribution >= 0.6 is 23.5 Å². The van der Waals surface area contributed by atoms with Crippen LogP contribution in [0.3, 0.4) is 0 Å². The van der Waals surface area contributed by atoms with Crippen molar-refractivity contribution in [3.8, 4) is 11.1 Å². The Morgan fingerprint density at radius 3 is 1.25 bits per heavy atom. The van der Waals surface area contributed by atoms with Crippen LogP contribution in [0.5, 0.6) is 0 Å². The van der Waals surface area contributed by atoms with Gasteiger partial charge in [0.05, 0.1) is 0 Å². The van der Waals surface area contributed by atoms with Gasteiger partial charge in [0.15, 0.2) is 0 Å². The van der Waals surface area contributed by atoms with Crippen molar-refractivity contribution in [3.05, 3.63) is 107 Å². The molecule has 4 aromatic rings. The summed E-state index contributed by atoms with van der Waals surface area (Å²) >= 11 is 3.80. The molecule has 0 aromatic heterocycles. The largest absolute Gasteiger partial charge is 0.0895 e. The highest BCUT2D eigenvalue weighted by Crippen LogP contribution is 2.52. The Kier molecular flexibility index (Phi) is 4.44. The number of benzene rings is 4. The molecule has 158 valence electrons. The fourth-order valence-electron chi connectivity index (χ4n) is 5.24. The average Bonchev–Trinajstić information content (AvgIpc) is 2.79. The Balaban J connectivity index is 1.46.